The van der Waals surface area contributed by atoms with Gasteiger partial charge in [-0.05, 0) is 58.5 Å². The van der Waals surface area contributed by atoms with Crippen molar-refractivity contribution in [2.24, 2.45) is 0 Å². The van der Waals surface area contributed by atoms with Crippen LogP contribution in [0, 0.1) is 0 Å². The van der Waals surface area contributed by atoms with Crippen LogP contribution in [0.1, 0.15) is 38.9 Å². The number of hydrogen-bond acceptors (Lipinski definition) is 6. The lowest BCUT2D eigenvalue weighted by Gasteiger charge is -2.36. The predicted octanol–water partition coefficient (Wildman–Crippen LogP) is 1.75. The van der Waals surface area contributed by atoms with Crippen LogP contribution in [0.4, 0.5) is 10.5 Å². The smallest absolute Gasteiger partial charge is 0.410 e. The van der Waals surface area contributed by atoms with Crippen molar-refractivity contribution in [1.82, 2.24) is 10.2 Å². The lowest BCUT2D eigenvalue weighted by Crippen LogP contribution is -2.50. The summed E-state index contributed by atoms with van der Waals surface area (Å²) in [6.07, 6.45) is -1.46. The van der Waals surface area contributed by atoms with E-state index in [-0.39, 0.29) is 6.09 Å². The topological polar surface area (TPSA) is 85.3 Å². The minimum absolute atomic E-state index is 0.267. The fourth-order valence-corrected chi connectivity index (χ4v) is 3.03. The van der Waals surface area contributed by atoms with E-state index in [1.807, 2.05) is 52.1 Å². The minimum atomic E-state index is -0.892. The largest absolute Gasteiger partial charge is 0.444 e. The van der Waals surface area contributed by atoms with Gasteiger partial charge in [-0.3, -0.25) is 0 Å². The molecule has 2 rings (SSSR count). The standard InChI is InChI=1S/C20H33N3O4/c1-20(2,3)27-19(26)23-13-11-22(12-14-23)16-7-5-15(6-8-16)18(25)17(24)9-10-21-4/h5-8,17-18,21,24-25H,9-14H2,1-4H3. The van der Waals surface area contributed by atoms with Crippen molar-refractivity contribution in [2.75, 3.05) is 44.7 Å². The zero-order chi connectivity index (χ0) is 20.0. The van der Waals surface area contributed by atoms with Gasteiger partial charge in [0.25, 0.3) is 0 Å². The number of ether oxygens (including phenoxy) is 1. The van der Waals surface area contributed by atoms with E-state index in [9.17, 15) is 15.0 Å². The van der Waals surface area contributed by atoms with Gasteiger partial charge in [0.05, 0.1) is 6.10 Å². The zero-order valence-electron chi connectivity index (χ0n) is 16.8. The number of benzene rings is 1. The van der Waals surface area contributed by atoms with Gasteiger partial charge in [0.1, 0.15) is 11.7 Å². The SMILES string of the molecule is CNCCC(O)C(O)c1ccc(N2CCN(C(=O)OC(C)(C)C)CC2)cc1. The molecule has 1 aliphatic heterocycles. The number of anilines is 1. The molecule has 0 aliphatic carbocycles. The van der Waals surface area contributed by atoms with Gasteiger partial charge >= 0.3 is 6.09 Å². The summed E-state index contributed by atoms with van der Waals surface area (Å²) < 4.78 is 5.42. The fraction of sp³-hybridized carbons (Fsp3) is 0.650. The number of carbonyl (C=O) groups excluding carboxylic acids is 1. The molecule has 2 atom stereocenters. The second-order valence-corrected chi connectivity index (χ2v) is 7.95. The van der Waals surface area contributed by atoms with Crippen molar-refractivity contribution in [2.45, 2.75) is 45.0 Å². The van der Waals surface area contributed by atoms with Crippen molar-refractivity contribution >= 4 is 11.8 Å². The van der Waals surface area contributed by atoms with E-state index in [1.54, 1.807) is 4.90 Å². The molecule has 1 aromatic rings. The maximum atomic E-state index is 12.1. The highest BCUT2D eigenvalue weighted by atomic mass is 16.6. The predicted molar refractivity (Wildman–Crippen MR) is 106 cm³/mol. The Labute approximate surface area is 161 Å². The molecule has 1 heterocycles. The molecule has 1 amide bonds. The van der Waals surface area contributed by atoms with E-state index >= 15 is 0 Å². The number of carbonyl (C=O) groups is 1. The van der Waals surface area contributed by atoms with E-state index in [2.05, 4.69) is 10.2 Å². The average Bonchev–Trinajstić information content (AvgIpc) is 2.64. The number of aliphatic hydroxyl groups excluding tert-OH is 2. The number of rotatable bonds is 6. The Balaban J connectivity index is 1.89. The van der Waals surface area contributed by atoms with E-state index in [0.717, 1.165) is 18.8 Å². The van der Waals surface area contributed by atoms with Gasteiger partial charge in [-0.2, -0.15) is 0 Å². The van der Waals surface area contributed by atoms with Crippen LogP contribution >= 0.6 is 0 Å². The van der Waals surface area contributed by atoms with Crippen LogP contribution in [0.15, 0.2) is 24.3 Å². The van der Waals surface area contributed by atoms with Gasteiger partial charge in [0.2, 0.25) is 0 Å². The first-order valence-corrected chi connectivity index (χ1v) is 9.55. The molecule has 7 nitrogen and oxygen atoms in total. The van der Waals surface area contributed by atoms with Gasteiger partial charge in [0.15, 0.2) is 0 Å². The first-order chi connectivity index (χ1) is 12.7. The molecule has 0 spiro atoms. The molecule has 152 valence electrons. The number of nitrogens with one attached hydrogen (secondary N) is 1. The molecule has 0 bridgehead atoms. The van der Waals surface area contributed by atoms with Crippen molar-refractivity contribution in [1.29, 1.82) is 0 Å². The maximum absolute atomic E-state index is 12.1. The Hall–Kier alpha value is -1.83. The number of piperazine rings is 1. The zero-order valence-corrected chi connectivity index (χ0v) is 16.8. The van der Waals surface area contributed by atoms with Crippen molar-refractivity contribution in [3.63, 3.8) is 0 Å². The highest BCUT2D eigenvalue weighted by Crippen LogP contribution is 2.23. The van der Waals surface area contributed by atoms with Crippen LogP contribution in [0.5, 0.6) is 0 Å². The molecule has 3 N–H and O–H groups in total. The molecular weight excluding hydrogens is 346 g/mol. The number of aliphatic hydroxyl groups is 2. The molecule has 1 aromatic carbocycles. The third-order valence-corrected chi connectivity index (χ3v) is 4.59. The summed E-state index contributed by atoms with van der Waals surface area (Å²) in [5.74, 6) is 0. The third kappa shape index (κ3) is 6.37. The van der Waals surface area contributed by atoms with E-state index in [1.165, 1.54) is 0 Å². The fourth-order valence-electron chi connectivity index (χ4n) is 3.03. The normalized spacial score (nSPS) is 17.6. The molecule has 2 unspecified atom stereocenters. The quantitative estimate of drug-likeness (QED) is 0.698. The van der Waals surface area contributed by atoms with Gasteiger partial charge < -0.3 is 30.1 Å². The molecule has 1 saturated heterocycles. The molecule has 1 aliphatic rings. The summed E-state index contributed by atoms with van der Waals surface area (Å²) >= 11 is 0. The highest BCUT2D eigenvalue weighted by Gasteiger charge is 2.26. The minimum Gasteiger partial charge on any atom is -0.444 e. The lowest BCUT2D eigenvalue weighted by molar-refractivity contribution is 0.0140. The third-order valence-electron chi connectivity index (χ3n) is 4.59. The maximum Gasteiger partial charge on any atom is 0.410 e. The van der Waals surface area contributed by atoms with Crippen LogP contribution in [0.2, 0.25) is 0 Å². The molecule has 0 aromatic heterocycles. The Morgan fingerprint density at radius 3 is 2.26 bits per heavy atom. The summed E-state index contributed by atoms with van der Waals surface area (Å²) in [7, 11) is 1.82. The molecular formula is C20H33N3O4. The van der Waals surface area contributed by atoms with Gasteiger partial charge in [-0.1, -0.05) is 12.1 Å². The number of nitrogens with zero attached hydrogens (tertiary/aromatic N) is 2. The molecule has 0 saturated carbocycles. The second kappa shape index (κ2) is 9.39. The first-order valence-electron chi connectivity index (χ1n) is 9.55. The van der Waals surface area contributed by atoms with Gasteiger partial charge in [0, 0.05) is 31.9 Å². The molecule has 7 heteroatoms. The van der Waals surface area contributed by atoms with Crippen LogP contribution in [-0.4, -0.2) is 72.7 Å². The molecule has 0 radical (unpaired) electrons. The van der Waals surface area contributed by atoms with E-state index in [0.29, 0.717) is 31.6 Å². The Kier molecular flexibility index (Phi) is 7.47. The highest BCUT2D eigenvalue weighted by molar-refractivity contribution is 5.68. The Morgan fingerprint density at radius 2 is 1.74 bits per heavy atom. The monoisotopic (exact) mass is 379 g/mol. The second-order valence-electron chi connectivity index (χ2n) is 7.95. The molecule has 1 fully saturated rings. The summed E-state index contributed by atoms with van der Waals surface area (Å²) in [5, 5.41) is 23.3. The lowest BCUT2D eigenvalue weighted by atomic mass is 10.0. The summed E-state index contributed by atoms with van der Waals surface area (Å²) in [5.41, 5.74) is 1.26. The van der Waals surface area contributed by atoms with Crippen LogP contribution in [-0.2, 0) is 4.74 Å². The summed E-state index contributed by atoms with van der Waals surface area (Å²) in [6, 6.07) is 7.60. The van der Waals surface area contributed by atoms with Crippen molar-refractivity contribution in [3.8, 4) is 0 Å². The van der Waals surface area contributed by atoms with E-state index in [4.69, 9.17) is 4.74 Å². The van der Waals surface area contributed by atoms with Crippen molar-refractivity contribution < 1.29 is 19.7 Å². The summed E-state index contributed by atoms with van der Waals surface area (Å²) in [6.45, 7) is 8.94. The van der Waals surface area contributed by atoms with Crippen LogP contribution in [0.3, 0.4) is 0 Å². The number of hydrogen-bond donors (Lipinski definition) is 3. The average molecular weight is 380 g/mol. The van der Waals surface area contributed by atoms with Gasteiger partial charge in [-0.15, -0.1) is 0 Å². The Morgan fingerprint density at radius 1 is 1.15 bits per heavy atom. The van der Waals surface area contributed by atoms with Crippen molar-refractivity contribution in [3.05, 3.63) is 29.8 Å². The molecule has 27 heavy (non-hydrogen) atoms. The first kappa shape index (κ1) is 21.5. The van der Waals surface area contributed by atoms with Gasteiger partial charge in [-0.25, -0.2) is 4.79 Å². The van der Waals surface area contributed by atoms with Crippen LogP contribution < -0.4 is 10.2 Å². The number of amides is 1. The van der Waals surface area contributed by atoms with E-state index < -0.39 is 17.8 Å². The Bertz CT molecular complexity index is 592. The van der Waals surface area contributed by atoms with Crippen LogP contribution in [0.25, 0.3) is 0 Å². The summed E-state index contributed by atoms with van der Waals surface area (Å²) in [4.78, 5) is 16.1.